The molecule has 1 aromatic rings. The first-order valence-electron chi connectivity index (χ1n) is 5.55. The minimum Gasteiger partial charge on any atom is -0.313 e. The van der Waals surface area contributed by atoms with Crippen LogP contribution in [0.1, 0.15) is 12.8 Å². The highest BCUT2D eigenvalue weighted by Crippen LogP contribution is 2.17. The molecule has 0 aromatic heterocycles. The lowest BCUT2D eigenvalue weighted by atomic mass is 10.3. The van der Waals surface area contributed by atoms with E-state index in [1.807, 2.05) is 6.07 Å². The van der Waals surface area contributed by atoms with Gasteiger partial charge in [0, 0.05) is 16.2 Å². The van der Waals surface area contributed by atoms with Crippen molar-refractivity contribution in [3.63, 3.8) is 0 Å². The van der Waals surface area contributed by atoms with E-state index >= 15 is 0 Å². The number of hydrogen-bond acceptors (Lipinski definition) is 3. The molecule has 4 nitrogen and oxygen atoms in total. The minimum atomic E-state index is -3.27. The lowest BCUT2D eigenvalue weighted by molar-refractivity contribution is 0.582. The van der Waals surface area contributed by atoms with Crippen LogP contribution in [-0.2, 0) is 10.0 Å². The second-order valence-electron chi connectivity index (χ2n) is 4.19. The zero-order valence-electron chi connectivity index (χ0n) is 9.32. The topological polar surface area (TPSA) is 58.2 Å². The second kappa shape index (κ2) is 5.37. The van der Waals surface area contributed by atoms with Gasteiger partial charge in [-0.25, -0.2) is 8.42 Å². The number of sulfonamides is 1. The fourth-order valence-corrected chi connectivity index (χ4v) is 3.72. The molecule has 6 heteroatoms. The maximum atomic E-state index is 11.9. The standard InChI is InChI=1S/C11H15BrN2O2S/c12-9-3-1-4-10(7-9)14-17(15,16)8-11-5-2-6-13-11/h1,3-4,7,11,13-14H,2,5-6,8H2. The fraction of sp³-hybridized carbons (Fsp3) is 0.455. The first-order chi connectivity index (χ1) is 8.05. The van der Waals surface area contributed by atoms with Crippen molar-refractivity contribution >= 4 is 31.6 Å². The van der Waals surface area contributed by atoms with Crippen molar-refractivity contribution < 1.29 is 8.42 Å². The molecule has 1 unspecified atom stereocenters. The van der Waals surface area contributed by atoms with E-state index in [0.717, 1.165) is 23.9 Å². The number of nitrogens with one attached hydrogen (secondary N) is 2. The van der Waals surface area contributed by atoms with Gasteiger partial charge in [-0.15, -0.1) is 0 Å². The van der Waals surface area contributed by atoms with Crippen LogP contribution in [0.25, 0.3) is 0 Å². The van der Waals surface area contributed by atoms with Crippen LogP contribution >= 0.6 is 15.9 Å². The molecule has 1 aliphatic rings. The molecule has 17 heavy (non-hydrogen) atoms. The van der Waals surface area contributed by atoms with Crippen molar-refractivity contribution in [2.75, 3.05) is 17.0 Å². The second-order valence-corrected chi connectivity index (χ2v) is 6.87. The highest BCUT2D eigenvalue weighted by Gasteiger charge is 2.21. The van der Waals surface area contributed by atoms with E-state index in [4.69, 9.17) is 0 Å². The van der Waals surface area contributed by atoms with E-state index in [0.29, 0.717) is 5.69 Å². The van der Waals surface area contributed by atoms with Crippen molar-refractivity contribution in [1.29, 1.82) is 0 Å². The summed E-state index contributed by atoms with van der Waals surface area (Å²) in [6.45, 7) is 0.914. The zero-order chi connectivity index (χ0) is 12.3. The van der Waals surface area contributed by atoms with Gasteiger partial charge in [0.2, 0.25) is 10.0 Å². The average Bonchev–Trinajstić information content (AvgIpc) is 2.68. The quantitative estimate of drug-likeness (QED) is 0.892. The summed E-state index contributed by atoms with van der Waals surface area (Å²) in [6, 6.07) is 7.23. The summed E-state index contributed by atoms with van der Waals surface area (Å²) in [7, 11) is -3.27. The zero-order valence-corrected chi connectivity index (χ0v) is 11.7. The molecular weight excluding hydrogens is 304 g/mol. The van der Waals surface area contributed by atoms with Crippen LogP contribution in [0.4, 0.5) is 5.69 Å². The van der Waals surface area contributed by atoms with Crippen LogP contribution in [0, 0.1) is 0 Å². The van der Waals surface area contributed by atoms with E-state index in [-0.39, 0.29) is 11.8 Å². The molecule has 1 fully saturated rings. The molecule has 0 aliphatic carbocycles. The van der Waals surface area contributed by atoms with Gasteiger partial charge >= 0.3 is 0 Å². The molecule has 0 spiro atoms. The highest BCUT2D eigenvalue weighted by atomic mass is 79.9. The summed E-state index contributed by atoms with van der Waals surface area (Å²) in [5.41, 5.74) is 0.595. The van der Waals surface area contributed by atoms with Crippen LogP contribution in [0.3, 0.4) is 0 Å². The Morgan fingerprint density at radius 1 is 1.47 bits per heavy atom. The highest BCUT2D eigenvalue weighted by molar-refractivity contribution is 9.10. The lowest BCUT2D eigenvalue weighted by Gasteiger charge is -2.12. The summed E-state index contributed by atoms with van der Waals surface area (Å²) in [5.74, 6) is 0.138. The first kappa shape index (κ1) is 12.9. The molecule has 1 aliphatic heterocycles. The van der Waals surface area contributed by atoms with E-state index in [1.165, 1.54) is 0 Å². The molecule has 0 bridgehead atoms. The molecule has 1 heterocycles. The SMILES string of the molecule is O=S(=O)(CC1CCCN1)Nc1cccc(Br)c1. The Morgan fingerprint density at radius 2 is 2.29 bits per heavy atom. The Labute approximate surface area is 110 Å². The van der Waals surface area contributed by atoms with Crippen molar-refractivity contribution in [1.82, 2.24) is 5.32 Å². The van der Waals surface area contributed by atoms with E-state index in [2.05, 4.69) is 26.0 Å². The molecule has 1 saturated heterocycles. The third kappa shape index (κ3) is 3.97. The number of anilines is 1. The molecule has 1 atom stereocenters. The van der Waals surface area contributed by atoms with Gasteiger partial charge in [0.05, 0.1) is 5.75 Å². The van der Waals surface area contributed by atoms with Gasteiger partial charge < -0.3 is 5.32 Å². The largest absolute Gasteiger partial charge is 0.313 e. The molecule has 2 rings (SSSR count). The molecule has 2 N–H and O–H groups in total. The average molecular weight is 319 g/mol. The first-order valence-corrected chi connectivity index (χ1v) is 7.99. The number of hydrogen-bond donors (Lipinski definition) is 2. The van der Waals surface area contributed by atoms with Crippen LogP contribution in [0.2, 0.25) is 0 Å². The monoisotopic (exact) mass is 318 g/mol. The minimum absolute atomic E-state index is 0.0830. The van der Waals surface area contributed by atoms with Gasteiger partial charge in [0.25, 0.3) is 0 Å². The van der Waals surface area contributed by atoms with Crippen molar-refractivity contribution in [3.05, 3.63) is 28.7 Å². The molecule has 1 aromatic carbocycles. The Kier molecular flexibility index (Phi) is 4.06. The third-order valence-electron chi connectivity index (χ3n) is 2.68. The Bertz CT molecular complexity index is 484. The maximum absolute atomic E-state index is 11.9. The predicted octanol–water partition coefficient (Wildman–Crippen LogP) is 1.94. The van der Waals surface area contributed by atoms with E-state index < -0.39 is 10.0 Å². The summed E-state index contributed by atoms with van der Waals surface area (Å²) in [6.07, 6.45) is 1.98. The molecule has 94 valence electrons. The predicted molar refractivity (Wildman–Crippen MR) is 72.6 cm³/mol. The maximum Gasteiger partial charge on any atom is 0.234 e. The Hall–Kier alpha value is -0.590. The Balaban J connectivity index is 2.01. The van der Waals surface area contributed by atoms with E-state index in [9.17, 15) is 8.42 Å². The van der Waals surface area contributed by atoms with Gasteiger partial charge in [0.1, 0.15) is 0 Å². The van der Waals surface area contributed by atoms with Crippen LogP contribution in [0.15, 0.2) is 28.7 Å². The summed E-state index contributed by atoms with van der Waals surface area (Å²) in [5, 5.41) is 3.18. The van der Waals surface area contributed by atoms with Gasteiger partial charge in [-0.2, -0.15) is 0 Å². The van der Waals surface area contributed by atoms with Gasteiger partial charge in [0.15, 0.2) is 0 Å². The third-order valence-corrected chi connectivity index (χ3v) is 4.56. The fourth-order valence-electron chi connectivity index (χ4n) is 1.94. The molecule has 0 saturated carbocycles. The summed E-state index contributed by atoms with van der Waals surface area (Å²) in [4.78, 5) is 0. The van der Waals surface area contributed by atoms with Gasteiger partial charge in [-0.1, -0.05) is 22.0 Å². The number of rotatable bonds is 4. The number of halogens is 1. The van der Waals surface area contributed by atoms with Crippen molar-refractivity contribution in [2.45, 2.75) is 18.9 Å². The summed E-state index contributed by atoms with van der Waals surface area (Å²) >= 11 is 3.31. The smallest absolute Gasteiger partial charge is 0.234 e. The van der Waals surface area contributed by atoms with Crippen molar-refractivity contribution in [3.8, 4) is 0 Å². The van der Waals surface area contributed by atoms with Crippen LogP contribution in [0.5, 0.6) is 0 Å². The molecule has 0 amide bonds. The summed E-state index contributed by atoms with van der Waals surface area (Å²) < 4.78 is 27.2. The Morgan fingerprint density at radius 3 is 2.94 bits per heavy atom. The van der Waals surface area contributed by atoms with Gasteiger partial charge in [-0.05, 0) is 37.6 Å². The lowest BCUT2D eigenvalue weighted by Crippen LogP contribution is -2.32. The van der Waals surface area contributed by atoms with Gasteiger partial charge in [-0.3, -0.25) is 4.72 Å². The van der Waals surface area contributed by atoms with Crippen LogP contribution in [-0.4, -0.2) is 26.8 Å². The van der Waals surface area contributed by atoms with Crippen molar-refractivity contribution in [2.24, 2.45) is 0 Å². The van der Waals surface area contributed by atoms with Crippen LogP contribution < -0.4 is 10.0 Å². The molecular formula is C11H15BrN2O2S. The molecule has 0 radical (unpaired) electrons. The van der Waals surface area contributed by atoms with E-state index in [1.54, 1.807) is 18.2 Å². The number of benzene rings is 1. The normalized spacial score (nSPS) is 20.4.